The molecule has 0 fully saturated rings. The summed E-state index contributed by atoms with van der Waals surface area (Å²) in [4.78, 5) is 4.39. The van der Waals surface area contributed by atoms with E-state index in [2.05, 4.69) is 30.2 Å². The Balaban J connectivity index is 3.28. The van der Waals surface area contributed by atoms with Crippen LogP contribution in [0.4, 0.5) is 11.5 Å². The molecule has 0 aliphatic rings. The Morgan fingerprint density at radius 3 is 2.40 bits per heavy atom. The smallest absolute Gasteiger partial charge is 0.138 e. The second-order valence-electron chi connectivity index (χ2n) is 1.81. The zero-order valence-corrected chi connectivity index (χ0v) is 6.86. The van der Waals surface area contributed by atoms with Crippen LogP contribution in [0.5, 0.6) is 0 Å². The molecule has 54 valence electrons. The zero-order chi connectivity index (χ0) is 7.72. The van der Waals surface area contributed by atoms with E-state index in [1.165, 1.54) is 0 Å². The predicted molar refractivity (Wildman–Crippen MR) is 47.6 cm³/mol. The van der Waals surface area contributed by atoms with E-state index < -0.39 is 0 Å². The van der Waals surface area contributed by atoms with Gasteiger partial charge in [0.05, 0.1) is 5.69 Å². The van der Waals surface area contributed by atoms with Gasteiger partial charge in [-0.05, 0) is 6.07 Å². The first-order valence-corrected chi connectivity index (χ1v) is 3.44. The molecule has 0 spiro atoms. The van der Waals surface area contributed by atoms with Gasteiger partial charge in [-0.2, -0.15) is 0 Å². The van der Waals surface area contributed by atoms with E-state index in [1.54, 1.807) is 6.07 Å². The maximum absolute atomic E-state index is 5.45. The van der Waals surface area contributed by atoms with E-state index in [9.17, 15) is 0 Å². The van der Waals surface area contributed by atoms with Crippen LogP contribution in [0.3, 0.4) is 0 Å². The number of pyridine rings is 1. The fourth-order valence-corrected chi connectivity index (χ4v) is 0.883. The summed E-state index contributed by atoms with van der Waals surface area (Å²) in [5.74, 6) is 0.350. The molecule has 0 radical (unpaired) electrons. The number of thiol groups is 2. The minimum atomic E-state index is 0.350. The van der Waals surface area contributed by atoms with Crippen LogP contribution in [0.25, 0.3) is 0 Å². The number of anilines is 2. The Labute approximate surface area is 69.6 Å². The summed E-state index contributed by atoms with van der Waals surface area (Å²) in [5, 5.41) is 0.440. The molecule has 4 N–H and O–H groups in total. The van der Waals surface area contributed by atoms with Gasteiger partial charge in [-0.25, -0.2) is 4.98 Å². The molecule has 1 heterocycles. The van der Waals surface area contributed by atoms with Crippen LogP contribution in [0.15, 0.2) is 16.0 Å². The molecule has 3 nitrogen and oxygen atoms in total. The molecule has 0 saturated carbocycles. The van der Waals surface area contributed by atoms with E-state index in [-0.39, 0.29) is 0 Å². The predicted octanol–water partition coefficient (Wildman–Crippen LogP) is 0.823. The monoisotopic (exact) mass is 173 g/mol. The standard InChI is InChI=1S/C5H7N3S2/c6-2-1-3(9)4(7)8-5(2)10/h1,9H,6H2,(H3,7,8,10). The van der Waals surface area contributed by atoms with Crippen LogP contribution in [0.2, 0.25) is 0 Å². The van der Waals surface area contributed by atoms with Crippen LogP contribution < -0.4 is 11.5 Å². The van der Waals surface area contributed by atoms with E-state index in [1.807, 2.05) is 0 Å². The first-order chi connectivity index (χ1) is 4.61. The molecule has 0 saturated heterocycles. The molecule has 10 heavy (non-hydrogen) atoms. The molecule has 0 bridgehead atoms. The second-order valence-corrected chi connectivity index (χ2v) is 2.71. The summed E-state index contributed by atoms with van der Waals surface area (Å²) in [5.41, 5.74) is 11.3. The number of aromatic nitrogens is 1. The van der Waals surface area contributed by atoms with Crippen molar-refractivity contribution in [1.82, 2.24) is 4.98 Å². The van der Waals surface area contributed by atoms with Gasteiger partial charge in [0, 0.05) is 4.90 Å². The van der Waals surface area contributed by atoms with E-state index in [0.717, 1.165) is 0 Å². The van der Waals surface area contributed by atoms with Crippen molar-refractivity contribution in [3.05, 3.63) is 6.07 Å². The molecule has 0 aliphatic carbocycles. The normalized spacial score (nSPS) is 9.80. The summed E-state index contributed by atoms with van der Waals surface area (Å²) >= 11 is 7.98. The first-order valence-electron chi connectivity index (χ1n) is 2.55. The third kappa shape index (κ3) is 1.30. The molecule has 0 aliphatic heterocycles. The highest BCUT2D eigenvalue weighted by Gasteiger charge is 1.99. The average Bonchev–Trinajstić information content (AvgIpc) is 1.84. The van der Waals surface area contributed by atoms with Crippen molar-refractivity contribution in [3.63, 3.8) is 0 Å². The van der Waals surface area contributed by atoms with Gasteiger partial charge in [-0.1, -0.05) is 0 Å². The SMILES string of the molecule is Nc1cc(S)c(N)nc1S. The molecule has 5 heteroatoms. The molecule has 0 unspecified atom stereocenters. The number of nitrogens with two attached hydrogens (primary N) is 2. The van der Waals surface area contributed by atoms with Crippen molar-refractivity contribution in [2.75, 3.05) is 11.5 Å². The van der Waals surface area contributed by atoms with Crippen molar-refractivity contribution in [1.29, 1.82) is 0 Å². The van der Waals surface area contributed by atoms with E-state index >= 15 is 0 Å². The Kier molecular flexibility index (Phi) is 1.96. The highest BCUT2D eigenvalue weighted by molar-refractivity contribution is 7.80. The molecular weight excluding hydrogens is 166 g/mol. The third-order valence-corrected chi connectivity index (χ3v) is 1.76. The number of rotatable bonds is 0. The second kappa shape index (κ2) is 2.59. The van der Waals surface area contributed by atoms with Gasteiger partial charge >= 0.3 is 0 Å². The lowest BCUT2D eigenvalue weighted by Crippen LogP contribution is -1.96. The summed E-state index contributed by atoms with van der Waals surface area (Å²) in [7, 11) is 0. The van der Waals surface area contributed by atoms with Gasteiger partial charge in [0.25, 0.3) is 0 Å². The van der Waals surface area contributed by atoms with Gasteiger partial charge in [-0.15, -0.1) is 25.3 Å². The highest BCUT2D eigenvalue weighted by Crippen LogP contribution is 2.21. The molecule has 1 rings (SSSR count). The van der Waals surface area contributed by atoms with Crippen molar-refractivity contribution < 1.29 is 0 Å². The van der Waals surface area contributed by atoms with Gasteiger partial charge < -0.3 is 11.5 Å². The largest absolute Gasteiger partial charge is 0.397 e. The number of nitrogen functional groups attached to an aromatic ring is 2. The van der Waals surface area contributed by atoms with Crippen molar-refractivity contribution in [2.24, 2.45) is 0 Å². The minimum Gasteiger partial charge on any atom is -0.397 e. The van der Waals surface area contributed by atoms with Crippen LogP contribution in [-0.4, -0.2) is 4.98 Å². The van der Waals surface area contributed by atoms with Gasteiger partial charge in [0.2, 0.25) is 0 Å². The summed E-state index contributed by atoms with van der Waals surface area (Å²) in [6.07, 6.45) is 0. The fraction of sp³-hybridized carbons (Fsp3) is 0. The lowest BCUT2D eigenvalue weighted by molar-refractivity contribution is 1.12. The van der Waals surface area contributed by atoms with Gasteiger partial charge in [0.1, 0.15) is 10.8 Å². The Morgan fingerprint density at radius 1 is 1.30 bits per heavy atom. The number of nitrogens with zero attached hydrogens (tertiary/aromatic N) is 1. The van der Waals surface area contributed by atoms with Crippen LogP contribution in [0, 0.1) is 0 Å². The average molecular weight is 173 g/mol. The Hall–Kier alpha value is -0.550. The molecule has 1 aromatic rings. The Morgan fingerprint density at radius 2 is 1.90 bits per heavy atom. The molecule has 1 aromatic heterocycles. The highest BCUT2D eigenvalue weighted by atomic mass is 32.1. The fourth-order valence-electron chi connectivity index (χ4n) is 0.522. The maximum atomic E-state index is 5.45. The molecule has 0 amide bonds. The van der Waals surface area contributed by atoms with Gasteiger partial charge in [0.15, 0.2) is 0 Å². The van der Waals surface area contributed by atoms with E-state index in [0.29, 0.717) is 21.4 Å². The lowest BCUT2D eigenvalue weighted by atomic mass is 10.4. The summed E-state index contributed by atoms with van der Waals surface area (Å²) in [6, 6.07) is 1.62. The minimum absolute atomic E-state index is 0.350. The maximum Gasteiger partial charge on any atom is 0.138 e. The van der Waals surface area contributed by atoms with Crippen molar-refractivity contribution >= 4 is 36.8 Å². The van der Waals surface area contributed by atoms with Crippen LogP contribution in [-0.2, 0) is 0 Å². The number of hydrogen-bond acceptors (Lipinski definition) is 5. The molecule has 0 aromatic carbocycles. The molecular formula is C5H7N3S2. The van der Waals surface area contributed by atoms with Gasteiger partial charge in [-0.3, -0.25) is 0 Å². The topological polar surface area (TPSA) is 64.9 Å². The third-order valence-electron chi connectivity index (χ3n) is 1.04. The van der Waals surface area contributed by atoms with Crippen LogP contribution in [0.1, 0.15) is 0 Å². The first kappa shape index (κ1) is 7.56. The quantitative estimate of drug-likeness (QED) is 0.439. The van der Waals surface area contributed by atoms with Crippen molar-refractivity contribution in [2.45, 2.75) is 9.92 Å². The van der Waals surface area contributed by atoms with Crippen molar-refractivity contribution in [3.8, 4) is 0 Å². The Bertz CT molecular complexity index is 211. The lowest BCUT2D eigenvalue weighted by Gasteiger charge is -2.01. The van der Waals surface area contributed by atoms with Crippen LogP contribution >= 0.6 is 25.3 Å². The van der Waals surface area contributed by atoms with E-state index in [4.69, 9.17) is 11.5 Å². The zero-order valence-electron chi connectivity index (χ0n) is 5.07. The number of hydrogen-bond donors (Lipinski definition) is 4. The molecule has 0 atom stereocenters. The summed E-state index contributed by atoms with van der Waals surface area (Å²) < 4.78 is 0. The summed E-state index contributed by atoms with van der Waals surface area (Å²) in [6.45, 7) is 0.